The molecule has 3 N–H and O–H groups in total. The Morgan fingerprint density at radius 1 is 1.30 bits per heavy atom. The van der Waals surface area contributed by atoms with E-state index in [1.807, 2.05) is 13.0 Å². The van der Waals surface area contributed by atoms with E-state index in [-0.39, 0.29) is 5.91 Å². The molecule has 1 aromatic rings. The molecule has 0 saturated carbocycles. The third-order valence-corrected chi connectivity index (χ3v) is 3.78. The second-order valence-electron chi connectivity index (χ2n) is 5.37. The molecule has 1 amide bonds. The summed E-state index contributed by atoms with van der Waals surface area (Å²) in [6.45, 7) is 2.61. The van der Waals surface area contributed by atoms with E-state index in [9.17, 15) is 14.7 Å². The number of aliphatic carboxylic acids is 1. The average molecular weight is 276 g/mol. The first-order valence-corrected chi connectivity index (χ1v) is 6.87. The smallest absolute Gasteiger partial charge is 0.330 e. The maximum atomic E-state index is 12.4. The number of carbonyl (C=O) groups excluding carboxylic acids is 1. The number of carbonyl (C=O) groups is 2. The molecule has 0 aliphatic carbocycles. The maximum Gasteiger partial charge on any atom is 0.330 e. The van der Waals surface area contributed by atoms with Crippen LogP contribution in [0.25, 0.3) is 0 Å². The van der Waals surface area contributed by atoms with Crippen molar-refractivity contribution in [2.75, 3.05) is 6.54 Å². The van der Waals surface area contributed by atoms with Gasteiger partial charge < -0.3 is 15.7 Å². The summed E-state index contributed by atoms with van der Waals surface area (Å²) >= 11 is 0. The summed E-state index contributed by atoms with van der Waals surface area (Å²) in [5.74, 6) is -1.31. The van der Waals surface area contributed by atoms with Crippen LogP contribution in [0.15, 0.2) is 30.3 Å². The van der Waals surface area contributed by atoms with Gasteiger partial charge in [-0.2, -0.15) is 0 Å². The number of amides is 1. The number of hydrogen-bond donors (Lipinski definition) is 3. The van der Waals surface area contributed by atoms with Crippen LogP contribution < -0.4 is 10.6 Å². The molecule has 1 heterocycles. The van der Waals surface area contributed by atoms with Crippen molar-refractivity contribution in [2.45, 2.75) is 37.8 Å². The summed E-state index contributed by atoms with van der Waals surface area (Å²) in [5.41, 5.74) is -0.103. The Morgan fingerprint density at radius 2 is 2.00 bits per heavy atom. The lowest BCUT2D eigenvalue weighted by atomic mass is 9.89. The van der Waals surface area contributed by atoms with Crippen LogP contribution in [0.3, 0.4) is 0 Å². The first-order chi connectivity index (χ1) is 9.53. The van der Waals surface area contributed by atoms with Crippen molar-refractivity contribution in [2.24, 2.45) is 0 Å². The third-order valence-electron chi connectivity index (χ3n) is 3.78. The lowest BCUT2D eigenvalue weighted by Crippen LogP contribution is -2.58. The van der Waals surface area contributed by atoms with Gasteiger partial charge in [0.05, 0.1) is 5.54 Å². The molecule has 2 atom stereocenters. The van der Waals surface area contributed by atoms with Crippen LogP contribution in [0.4, 0.5) is 0 Å². The first-order valence-electron chi connectivity index (χ1n) is 6.87. The average Bonchev–Trinajstić information content (AvgIpc) is 2.45. The predicted molar refractivity (Wildman–Crippen MR) is 75.2 cm³/mol. The molecular weight excluding hydrogens is 256 g/mol. The molecule has 1 aliphatic rings. The molecule has 1 fully saturated rings. The van der Waals surface area contributed by atoms with Gasteiger partial charge in [0.15, 0.2) is 6.04 Å². The minimum atomic E-state index is -1.05. The summed E-state index contributed by atoms with van der Waals surface area (Å²) in [5, 5.41) is 15.2. The topological polar surface area (TPSA) is 78.4 Å². The van der Waals surface area contributed by atoms with Crippen LogP contribution in [0.2, 0.25) is 0 Å². The van der Waals surface area contributed by atoms with Gasteiger partial charge in [-0.1, -0.05) is 30.3 Å². The summed E-state index contributed by atoms with van der Waals surface area (Å²) in [4.78, 5) is 23.8. The Kier molecular flexibility index (Phi) is 4.39. The van der Waals surface area contributed by atoms with Crippen molar-refractivity contribution in [1.29, 1.82) is 0 Å². The highest BCUT2D eigenvalue weighted by Gasteiger charge is 2.36. The van der Waals surface area contributed by atoms with E-state index in [0.717, 1.165) is 25.8 Å². The second-order valence-corrected chi connectivity index (χ2v) is 5.37. The van der Waals surface area contributed by atoms with Crippen molar-refractivity contribution in [1.82, 2.24) is 10.6 Å². The molecule has 0 bridgehead atoms. The Hall–Kier alpha value is -1.88. The number of piperidine rings is 1. The third kappa shape index (κ3) is 3.17. The van der Waals surface area contributed by atoms with E-state index in [4.69, 9.17) is 0 Å². The first kappa shape index (κ1) is 14.5. The summed E-state index contributed by atoms with van der Waals surface area (Å²) in [7, 11) is 0. The summed E-state index contributed by atoms with van der Waals surface area (Å²) in [6, 6.07) is 7.74. The van der Waals surface area contributed by atoms with Gasteiger partial charge in [-0.3, -0.25) is 4.79 Å². The van der Waals surface area contributed by atoms with E-state index in [2.05, 4.69) is 10.6 Å². The molecule has 1 saturated heterocycles. The van der Waals surface area contributed by atoms with Gasteiger partial charge in [0.25, 0.3) is 0 Å². The van der Waals surface area contributed by atoms with Crippen molar-refractivity contribution in [3.63, 3.8) is 0 Å². The fourth-order valence-electron chi connectivity index (χ4n) is 2.47. The van der Waals surface area contributed by atoms with Gasteiger partial charge in [-0.25, -0.2) is 4.79 Å². The summed E-state index contributed by atoms with van der Waals surface area (Å²) in [6.07, 6.45) is 2.74. The van der Waals surface area contributed by atoms with Gasteiger partial charge in [0.2, 0.25) is 5.91 Å². The fourth-order valence-corrected chi connectivity index (χ4v) is 2.47. The van der Waals surface area contributed by atoms with E-state index < -0.39 is 17.6 Å². The number of hydrogen-bond acceptors (Lipinski definition) is 3. The molecule has 5 nitrogen and oxygen atoms in total. The number of carboxylic acids is 1. The Bertz CT molecular complexity index is 481. The van der Waals surface area contributed by atoms with E-state index in [1.165, 1.54) is 0 Å². The SMILES string of the molecule is CC1(C(=O)N[C@@H](C(=O)O)c2ccccc2)CCCCN1. The zero-order valence-corrected chi connectivity index (χ0v) is 11.6. The molecular formula is C15H20N2O3. The van der Waals surface area contributed by atoms with Crippen LogP contribution in [0.5, 0.6) is 0 Å². The van der Waals surface area contributed by atoms with Gasteiger partial charge in [0, 0.05) is 0 Å². The maximum absolute atomic E-state index is 12.4. The standard InChI is InChI=1S/C15H20N2O3/c1-15(9-5-6-10-16-15)14(20)17-12(13(18)19)11-7-3-2-4-8-11/h2-4,7-8,12,16H,5-6,9-10H2,1H3,(H,17,20)(H,18,19)/t12-,15?/m1/s1. The lowest BCUT2D eigenvalue weighted by Gasteiger charge is -2.34. The van der Waals surface area contributed by atoms with E-state index >= 15 is 0 Å². The minimum Gasteiger partial charge on any atom is -0.479 e. The lowest BCUT2D eigenvalue weighted by molar-refractivity contribution is -0.143. The van der Waals surface area contributed by atoms with E-state index in [0.29, 0.717) is 5.56 Å². The normalized spacial score (nSPS) is 23.9. The molecule has 20 heavy (non-hydrogen) atoms. The van der Waals surface area contributed by atoms with Crippen LogP contribution in [-0.4, -0.2) is 29.1 Å². The van der Waals surface area contributed by atoms with Crippen molar-refractivity contribution < 1.29 is 14.7 Å². The van der Waals surface area contributed by atoms with Crippen molar-refractivity contribution in [3.8, 4) is 0 Å². The Morgan fingerprint density at radius 3 is 2.55 bits per heavy atom. The molecule has 1 unspecified atom stereocenters. The van der Waals surface area contributed by atoms with Crippen LogP contribution >= 0.6 is 0 Å². The van der Waals surface area contributed by atoms with Crippen LogP contribution in [0, 0.1) is 0 Å². The molecule has 1 aromatic carbocycles. The monoisotopic (exact) mass is 276 g/mol. The van der Waals surface area contributed by atoms with Crippen LogP contribution in [-0.2, 0) is 9.59 Å². The fraction of sp³-hybridized carbons (Fsp3) is 0.467. The molecule has 0 spiro atoms. The largest absolute Gasteiger partial charge is 0.479 e. The molecule has 1 aliphatic heterocycles. The molecule has 0 aromatic heterocycles. The molecule has 0 radical (unpaired) electrons. The number of benzene rings is 1. The summed E-state index contributed by atoms with van der Waals surface area (Å²) < 4.78 is 0. The van der Waals surface area contributed by atoms with Gasteiger partial charge in [-0.05, 0) is 38.3 Å². The number of rotatable bonds is 4. The molecule has 5 heteroatoms. The zero-order chi connectivity index (χ0) is 14.6. The van der Waals surface area contributed by atoms with Gasteiger partial charge in [0.1, 0.15) is 0 Å². The Labute approximate surface area is 118 Å². The van der Waals surface area contributed by atoms with Gasteiger partial charge >= 0.3 is 5.97 Å². The quantitative estimate of drug-likeness (QED) is 0.778. The van der Waals surface area contributed by atoms with Gasteiger partial charge in [-0.15, -0.1) is 0 Å². The predicted octanol–water partition coefficient (Wildman–Crippen LogP) is 1.46. The molecule has 2 rings (SSSR count). The van der Waals surface area contributed by atoms with Crippen LogP contribution in [0.1, 0.15) is 37.8 Å². The highest BCUT2D eigenvalue weighted by Crippen LogP contribution is 2.21. The second kappa shape index (κ2) is 6.05. The minimum absolute atomic E-state index is 0.256. The van der Waals surface area contributed by atoms with Crippen molar-refractivity contribution in [3.05, 3.63) is 35.9 Å². The highest BCUT2D eigenvalue weighted by molar-refractivity contribution is 5.90. The highest BCUT2D eigenvalue weighted by atomic mass is 16.4. The molecule has 108 valence electrons. The Balaban J connectivity index is 2.12. The zero-order valence-electron chi connectivity index (χ0n) is 11.6. The number of nitrogens with one attached hydrogen (secondary N) is 2. The van der Waals surface area contributed by atoms with E-state index in [1.54, 1.807) is 24.3 Å². The number of carboxylic acid groups (broad SMARTS) is 1. The van der Waals surface area contributed by atoms with Crippen molar-refractivity contribution >= 4 is 11.9 Å².